The Morgan fingerprint density at radius 2 is 1.30 bits per heavy atom. The highest BCUT2D eigenvalue weighted by molar-refractivity contribution is 5.38. The maximum atomic E-state index is 13.6. The van der Waals surface area contributed by atoms with Gasteiger partial charge in [0, 0.05) is 37.8 Å². The molecule has 0 aromatic heterocycles. The van der Waals surface area contributed by atoms with Gasteiger partial charge in [-0.25, -0.2) is 0 Å². The van der Waals surface area contributed by atoms with Crippen molar-refractivity contribution in [3.05, 3.63) is 64.7 Å². The zero-order valence-electron chi connectivity index (χ0n) is 21.3. The Morgan fingerprint density at radius 1 is 0.757 bits per heavy atom. The first-order valence-corrected chi connectivity index (χ1v) is 12.8. The van der Waals surface area contributed by atoms with Gasteiger partial charge in [0.15, 0.2) is 0 Å². The summed E-state index contributed by atoms with van der Waals surface area (Å²) in [6.07, 6.45) is -3.66. The number of hydrogen-bond acceptors (Lipinski definition) is 3. The van der Waals surface area contributed by atoms with Crippen molar-refractivity contribution in [2.45, 2.75) is 69.4 Å². The van der Waals surface area contributed by atoms with E-state index in [1.54, 1.807) is 19.2 Å². The van der Waals surface area contributed by atoms with Crippen LogP contribution in [0.15, 0.2) is 42.5 Å². The Kier molecular flexibility index (Phi) is 8.14. The van der Waals surface area contributed by atoms with Crippen LogP contribution in [0.1, 0.15) is 61.3 Å². The molecule has 1 unspecified atom stereocenters. The standard InChI is InChI=1S/C28H34F6N2O/c1-26(21-8-10-25(37-2)11-9-21,36-14-12-35(13-15-36)24-6-4-3-5-7-24)19-20-16-22(27(29,30)31)18-23(17-20)28(32,33)34/h8-11,16-18,24H,3-7,12-15,19H2,1-2H3. The Morgan fingerprint density at radius 3 is 1.78 bits per heavy atom. The lowest BCUT2D eigenvalue weighted by molar-refractivity contribution is -0.143. The van der Waals surface area contributed by atoms with Gasteiger partial charge in [-0.15, -0.1) is 0 Å². The van der Waals surface area contributed by atoms with Crippen LogP contribution in [0.4, 0.5) is 26.3 Å². The number of alkyl halides is 6. The van der Waals surface area contributed by atoms with Crippen molar-refractivity contribution >= 4 is 0 Å². The molecular weight excluding hydrogens is 494 g/mol. The monoisotopic (exact) mass is 528 g/mol. The molecule has 2 fully saturated rings. The van der Waals surface area contributed by atoms with Gasteiger partial charge in [-0.3, -0.25) is 9.80 Å². The van der Waals surface area contributed by atoms with Crippen molar-refractivity contribution < 1.29 is 31.1 Å². The van der Waals surface area contributed by atoms with Crippen LogP contribution in [0, 0.1) is 0 Å². The minimum Gasteiger partial charge on any atom is -0.497 e. The molecule has 0 amide bonds. The first-order valence-electron chi connectivity index (χ1n) is 12.8. The average Bonchev–Trinajstić information content (AvgIpc) is 2.88. The van der Waals surface area contributed by atoms with Crippen LogP contribution in [0.3, 0.4) is 0 Å². The number of hydrogen-bond donors (Lipinski definition) is 0. The van der Waals surface area contributed by atoms with E-state index in [4.69, 9.17) is 4.74 Å². The van der Waals surface area contributed by atoms with Gasteiger partial charge in [-0.1, -0.05) is 31.4 Å². The summed E-state index contributed by atoms with van der Waals surface area (Å²) in [5, 5.41) is 0. The van der Waals surface area contributed by atoms with E-state index in [9.17, 15) is 26.3 Å². The molecule has 1 saturated heterocycles. The summed E-state index contributed by atoms with van der Waals surface area (Å²) in [7, 11) is 1.54. The van der Waals surface area contributed by atoms with Crippen molar-refractivity contribution in [1.82, 2.24) is 9.80 Å². The first-order chi connectivity index (χ1) is 17.4. The zero-order chi connectivity index (χ0) is 26.8. The smallest absolute Gasteiger partial charge is 0.416 e. The predicted octanol–water partition coefficient (Wildman–Crippen LogP) is 7.14. The first kappa shape index (κ1) is 27.8. The third-order valence-corrected chi connectivity index (χ3v) is 8.01. The largest absolute Gasteiger partial charge is 0.497 e. The molecule has 0 radical (unpaired) electrons. The summed E-state index contributed by atoms with van der Waals surface area (Å²) >= 11 is 0. The van der Waals surface area contributed by atoms with Crippen LogP contribution >= 0.6 is 0 Å². The summed E-state index contributed by atoms with van der Waals surface area (Å²) in [6.45, 7) is 4.94. The molecular formula is C28H34F6N2O. The van der Waals surface area contributed by atoms with Crippen LogP contribution in [0.25, 0.3) is 0 Å². The molecule has 2 aliphatic rings. The fraction of sp³-hybridized carbons (Fsp3) is 0.571. The molecule has 4 rings (SSSR count). The summed E-state index contributed by atoms with van der Waals surface area (Å²) in [6, 6.07) is 9.72. The average molecular weight is 529 g/mol. The quantitative estimate of drug-likeness (QED) is 0.371. The number of piperazine rings is 1. The van der Waals surface area contributed by atoms with E-state index in [1.807, 2.05) is 19.1 Å². The minimum atomic E-state index is -4.88. The normalized spacial score (nSPS) is 20.5. The lowest BCUT2D eigenvalue weighted by Crippen LogP contribution is -2.57. The highest BCUT2D eigenvalue weighted by Crippen LogP contribution is 2.40. The van der Waals surface area contributed by atoms with Gasteiger partial charge in [0.25, 0.3) is 0 Å². The second kappa shape index (κ2) is 10.8. The molecule has 1 aliphatic heterocycles. The predicted molar refractivity (Wildman–Crippen MR) is 131 cm³/mol. The molecule has 0 N–H and O–H groups in total. The lowest BCUT2D eigenvalue weighted by atomic mass is 9.82. The zero-order valence-corrected chi connectivity index (χ0v) is 21.3. The molecule has 3 nitrogen and oxygen atoms in total. The van der Waals surface area contributed by atoms with E-state index in [1.165, 1.54) is 32.1 Å². The molecule has 204 valence electrons. The van der Waals surface area contributed by atoms with Crippen molar-refractivity contribution in [2.24, 2.45) is 0 Å². The lowest BCUT2D eigenvalue weighted by Gasteiger charge is -2.48. The maximum Gasteiger partial charge on any atom is 0.416 e. The van der Waals surface area contributed by atoms with E-state index in [2.05, 4.69) is 9.80 Å². The molecule has 1 saturated carbocycles. The topological polar surface area (TPSA) is 15.7 Å². The Bertz CT molecular complexity index is 1010. The molecule has 2 aromatic carbocycles. The van der Waals surface area contributed by atoms with E-state index in [0.717, 1.165) is 30.8 Å². The Balaban J connectivity index is 1.67. The molecule has 0 bridgehead atoms. The number of rotatable bonds is 6. The number of ether oxygens (including phenoxy) is 1. The Hall–Kier alpha value is -2.26. The maximum absolute atomic E-state index is 13.6. The molecule has 1 atom stereocenters. The van der Waals surface area contributed by atoms with Crippen LogP contribution in [-0.4, -0.2) is 49.1 Å². The summed E-state index contributed by atoms with van der Waals surface area (Å²) in [5.41, 5.74) is -2.54. The molecule has 2 aromatic rings. The van der Waals surface area contributed by atoms with Crippen molar-refractivity contribution in [3.8, 4) is 5.75 Å². The number of methoxy groups -OCH3 is 1. The fourth-order valence-corrected chi connectivity index (χ4v) is 5.89. The van der Waals surface area contributed by atoms with Crippen LogP contribution in [0.5, 0.6) is 5.75 Å². The highest BCUT2D eigenvalue weighted by atomic mass is 19.4. The SMILES string of the molecule is COc1ccc(C(C)(Cc2cc(C(F)(F)F)cc(C(F)(F)F)c2)N2CCN(C3CCCCC3)CC2)cc1. The van der Waals surface area contributed by atoms with Crippen molar-refractivity contribution in [1.29, 1.82) is 0 Å². The third-order valence-electron chi connectivity index (χ3n) is 8.01. The molecule has 9 heteroatoms. The fourth-order valence-electron chi connectivity index (χ4n) is 5.89. The number of halogens is 6. The van der Waals surface area contributed by atoms with Gasteiger partial charge in [-0.05, 0) is 67.6 Å². The van der Waals surface area contributed by atoms with Gasteiger partial charge in [-0.2, -0.15) is 26.3 Å². The van der Waals surface area contributed by atoms with Crippen LogP contribution < -0.4 is 4.74 Å². The minimum absolute atomic E-state index is 0.00942. The molecule has 37 heavy (non-hydrogen) atoms. The number of benzene rings is 2. The van der Waals surface area contributed by atoms with Gasteiger partial charge in [0.1, 0.15) is 5.75 Å². The highest BCUT2D eigenvalue weighted by Gasteiger charge is 2.40. The van der Waals surface area contributed by atoms with Crippen molar-refractivity contribution in [3.63, 3.8) is 0 Å². The second-order valence-electron chi connectivity index (χ2n) is 10.4. The van der Waals surface area contributed by atoms with Gasteiger partial charge in [0.2, 0.25) is 0 Å². The summed E-state index contributed by atoms with van der Waals surface area (Å²) in [5.74, 6) is 0.631. The summed E-state index contributed by atoms with van der Waals surface area (Å²) in [4.78, 5) is 4.71. The second-order valence-corrected chi connectivity index (χ2v) is 10.4. The third kappa shape index (κ3) is 6.42. The Labute approximate surface area is 214 Å². The summed E-state index contributed by atoms with van der Waals surface area (Å²) < 4.78 is 86.6. The van der Waals surface area contributed by atoms with Gasteiger partial charge in [0.05, 0.1) is 18.2 Å². The van der Waals surface area contributed by atoms with Crippen molar-refractivity contribution in [2.75, 3.05) is 33.3 Å². The van der Waals surface area contributed by atoms with E-state index in [-0.39, 0.29) is 18.1 Å². The van der Waals surface area contributed by atoms with E-state index >= 15 is 0 Å². The number of nitrogens with zero attached hydrogens (tertiary/aromatic N) is 2. The van der Waals surface area contributed by atoms with E-state index in [0.29, 0.717) is 24.9 Å². The molecule has 1 aliphatic carbocycles. The van der Waals surface area contributed by atoms with Gasteiger partial charge >= 0.3 is 12.4 Å². The molecule has 0 spiro atoms. The van der Waals surface area contributed by atoms with Crippen LogP contribution in [-0.2, 0) is 24.3 Å². The molecule has 1 heterocycles. The van der Waals surface area contributed by atoms with Crippen LogP contribution in [0.2, 0.25) is 0 Å². The van der Waals surface area contributed by atoms with E-state index < -0.39 is 29.0 Å². The van der Waals surface area contributed by atoms with Gasteiger partial charge < -0.3 is 4.74 Å².